The lowest BCUT2D eigenvalue weighted by molar-refractivity contribution is 0.340. The van der Waals surface area contributed by atoms with Crippen LogP contribution in [-0.2, 0) is 16.4 Å². The average molecular weight is 398 g/mol. The molecule has 0 fully saturated rings. The molecule has 0 saturated carbocycles. The molecule has 0 aliphatic carbocycles. The Morgan fingerprint density at radius 3 is 2.36 bits per heavy atom. The van der Waals surface area contributed by atoms with Gasteiger partial charge in [0.15, 0.2) is 0 Å². The fourth-order valence-corrected chi connectivity index (χ4v) is 3.64. The highest BCUT2D eigenvalue weighted by atomic mass is 32.2. The van der Waals surface area contributed by atoms with Crippen LogP contribution in [0.1, 0.15) is 12.5 Å². The van der Waals surface area contributed by atoms with Crippen molar-refractivity contribution in [3.05, 3.63) is 78.5 Å². The number of nitrogens with zero attached hydrogens (tertiary/aromatic N) is 1. The molecule has 0 unspecified atom stereocenters. The largest absolute Gasteiger partial charge is 0.494 e. The van der Waals surface area contributed by atoms with E-state index in [1.54, 1.807) is 30.5 Å². The zero-order valence-corrected chi connectivity index (χ0v) is 16.4. The van der Waals surface area contributed by atoms with Crippen molar-refractivity contribution in [3.63, 3.8) is 0 Å². The molecule has 1 aromatic heterocycles. The molecule has 0 aliphatic rings. The molecule has 0 bridgehead atoms. The summed E-state index contributed by atoms with van der Waals surface area (Å²) in [6.07, 6.45) is 2.51. The molecular weight excluding hydrogens is 374 g/mol. The molecule has 6 nitrogen and oxygen atoms in total. The number of benzene rings is 2. The summed E-state index contributed by atoms with van der Waals surface area (Å²) in [7, 11) is -3.70. The SMILES string of the molecule is CCOc1ccc(S(=O)(=O)Nc2ccc(NCCc3ccccc3)cn2)cc1. The summed E-state index contributed by atoms with van der Waals surface area (Å²) in [5, 5.41) is 3.28. The lowest BCUT2D eigenvalue weighted by Gasteiger charge is -2.10. The second-order valence-corrected chi connectivity index (χ2v) is 7.79. The summed E-state index contributed by atoms with van der Waals surface area (Å²) in [6.45, 7) is 3.17. The zero-order valence-electron chi connectivity index (χ0n) is 15.6. The van der Waals surface area contributed by atoms with Gasteiger partial charge in [0.25, 0.3) is 10.0 Å². The molecule has 28 heavy (non-hydrogen) atoms. The Hall–Kier alpha value is -3.06. The molecule has 0 spiro atoms. The highest BCUT2D eigenvalue weighted by molar-refractivity contribution is 7.92. The van der Waals surface area contributed by atoms with Crippen LogP contribution in [0, 0.1) is 0 Å². The van der Waals surface area contributed by atoms with Gasteiger partial charge in [0, 0.05) is 6.54 Å². The maximum atomic E-state index is 12.5. The number of ether oxygens (including phenoxy) is 1. The quantitative estimate of drug-likeness (QED) is 0.572. The number of hydrogen-bond acceptors (Lipinski definition) is 5. The van der Waals surface area contributed by atoms with Crippen LogP contribution in [0.4, 0.5) is 11.5 Å². The van der Waals surface area contributed by atoms with E-state index in [9.17, 15) is 8.42 Å². The van der Waals surface area contributed by atoms with Gasteiger partial charge in [0.1, 0.15) is 11.6 Å². The predicted molar refractivity (Wildman–Crippen MR) is 111 cm³/mol. The van der Waals surface area contributed by atoms with E-state index in [4.69, 9.17) is 4.74 Å². The van der Waals surface area contributed by atoms with Crippen molar-refractivity contribution in [1.29, 1.82) is 0 Å². The lowest BCUT2D eigenvalue weighted by Crippen LogP contribution is -2.14. The first-order valence-electron chi connectivity index (χ1n) is 9.06. The van der Waals surface area contributed by atoms with Gasteiger partial charge in [-0.05, 0) is 55.3 Å². The van der Waals surface area contributed by atoms with Crippen LogP contribution in [0.5, 0.6) is 5.75 Å². The smallest absolute Gasteiger partial charge is 0.263 e. The molecule has 2 N–H and O–H groups in total. The standard InChI is InChI=1S/C21H23N3O3S/c1-2-27-19-9-11-20(12-10-19)28(25,26)24-21-13-8-18(16-23-21)22-15-14-17-6-4-3-5-7-17/h3-13,16,22H,2,14-15H2,1H3,(H,23,24). The van der Waals surface area contributed by atoms with Crippen LogP contribution in [0.25, 0.3) is 0 Å². The summed E-state index contributed by atoms with van der Waals surface area (Å²) in [6, 6.07) is 19.9. The fraction of sp³-hybridized carbons (Fsp3) is 0.190. The Morgan fingerprint density at radius 2 is 1.71 bits per heavy atom. The van der Waals surface area contributed by atoms with Crippen LogP contribution in [-0.4, -0.2) is 26.6 Å². The maximum Gasteiger partial charge on any atom is 0.263 e. The summed E-state index contributed by atoms with van der Waals surface area (Å²) in [5.41, 5.74) is 2.09. The molecule has 2 aromatic carbocycles. The normalized spacial score (nSPS) is 11.0. The third-order valence-corrected chi connectivity index (χ3v) is 5.40. The van der Waals surface area contributed by atoms with E-state index < -0.39 is 10.0 Å². The van der Waals surface area contributed by atoms with Gasteiger partial charge >= 0.3 is 0 Å². The van der Waals surface area contributed by atoms with Crippen molar-refractivity contribution in [1.82, 2.24) is 4.98 Å². The van der Waals surface area contributed by atoms with E-state index in [1.807, 2.05) is 25.1 Å². The van der Waals surface area contributed by atoms with Crippen molar-refractivity contribution in [2.75, 3.05) is 23.2 Å². The van der Waals surface area contributed by atoms with Crippen LogP contribution >= 0.6 is 0 Å². The molecule has 1 heterocycles. The van der Waals surface area contributed by atoms with E-state index in [1.165, 1.54) is 17.7 Å². The third-order valence-electron chi connectivity index (χ3n) is 4.03. The first-order chi connectivity index (χ1) is 13.6. The van der Waals surface area contributed by atoms with Gasteiger partial charge in [0.2, 0.25) is 0 Å². The zero-order chi connectivity index (χ0) is 19.8. The van der Waals surface area contributed by atoms with Crippen molar-refractivity contribution in [2.24, 2.45) is 0 Å². The average Bonchev–Trinajstić information content (AvgIpc) is 2.71. The van der Waals surface area contributed by atoms with Crippen molar-refractivity contribution in [3.8, 4) is 5.75 Å². The van der Waals surface area contributed by atoms with E-state index >= 15 is 0 Å². The van der Waals surface area contributed by atoms with Crippen LogP contribution in [0.3, 0.4) is 0 Å². The molecule has 146 valence electrons. The van der Waals surface area contributed by atoms with Crippen LogP contribution in [0.15, 0.2) is 77.8 Å². The predicted octanol–water partition coefficient (Wildman–Crippen LogP) is 3.94. The van der Waals surface area contributed by atoms with Gasteiger partial charge in [-0.3, -0.25) is 4.72 Å². The molecule has 0 aliphatic heterocycles. The molecule has 0 saturated heterocycles. The Balaban J connectivity index is 1.56. The number of pyridine rings is 1. The number of sulfonamides is 1. The van der Waals surface area contributed by atoms with Crippen LogP contribution < -0.4 is 14.8 Å². The molecule has 7 heteroatoms. The topological polar surface area (TPSA) is 80.3 Å². The number of rotatable bonds is 9. The van der Waals surface area contributed by atoms with Gasteiger partial charge in [0.05, 0.1) is 23.4 Å². The monoisotopic (exact) mass is 397 g/mol. The van der Waals surface area contributed by atoms with Gasteiger partial charge in [-0.15, -0.1) is 0 Å². The number of hydrogen-bond donors (Lipinski definition) is 2. The maximum absolute atomic E-state index is 12.5. The minimum absolute atomic E-state index is 0.155. The summed E-state index contributed by atoms with van der Waals surface area (Å²) in [5.74, 6) is 0.896. The Bertz CT molecular complexity index is 974. The molecule has 0 atom stereocenters. The Kier molecular flexibility index (Phi) is 6.49. The Morgan fingerprint density at radius 1 is 0.964 bits per heavy atom. The summed E-state index contributed by atoms with van der Waals surface area (Å²) in [4.78, 5) is 4.34. The van der Waals surface area contributed by atoms with Gasteiger partial charge in [-0.25, -0.2) is 13.4 Å². The fourth-order valence-electron chi connectivity index (χ4n) is 2.63. The first-order valence-corrected chi connectivity index (χ1v) is 10.5. The first kappa shape index (κ1) is 19.7. The van der Waals surface area contributed by atoms with Crippen molar-refractivity contribution < 1.29 is 13.2 Å². The van der Waals surface area contributed by atoms with E-state index in [0.29, 0.717) is 12.4 Å². The summed E-state index contributed by atoms with van der Waals surface area (Å²) >= 11 is 0. The van der Waals surface area contributed by atoms with Gasteiger partial charge < -0.3 is 10.1 Å². The highest BCUT2D eigenvalue weighted by Gasteiger charge is 2.14. The van der Waals surface area contributed by atoms with Gasteiger partial charge in [-0.2, -0.15) is 0 Å². The molecular formula is C21H23N3O3S. The number of anilines is 2. The third kappa shape index (κ3) is 5.47. The summed E-state index contributed by atoms with van der Waals surface area (Å²) < 4.78 is 32.8. The minimum Gasteiger partial charge on any atom is -0.494 e. The van der Waals surface area contributed by atoms with Gasteiger partial charge in [-0.1, -0.05) is 30.3 Å². The van der Waals surface area contributed by atoms with Crippen LogP contribution in [0.2, 0.25) is 0 Å². The lowest BCUT2D eigenvalue weighted by atomic mass is 10.1. The van der Waals surface area contributed by atoms with E-state index in [-0.39, 0.29) is 10.7 Å². The Labute approximate surface area is 165 Å². The highest BCUT2D eigenvalue weighted by Crippen LogP contribution is 2.19. The van der Waals surface area contributed by atoms with E-state index in [2.05, 4.69) is 27.2 Å². The molecule has 3 rings (SSSR count). The minimum atomic E-state index is -3.70. The molecule has 3 aromatic rings. The van der Waals surface area contributed by atoms with E-state index in [0.717, 1.165) is 18.7 Å². The second-order valence-electron chi connectivity index (χ2n) is 6.10. The number of nitrogens with one attached hydrogen (secondary N) is 2. The molecule has 0 amide bonds. The van der Waals surface area contributed by atoms with Crippen molar-refractivity contribution >= 4 is 21.5 Å². The van der Waals surface area contributed by atoms with Crippen molar-refractivity contribution in [2.45, 2.75) is 18.2 Å². The molecule has 0 radical (unpaired) electrons. The number of aromatic nitrogens is 1. The second kappa shape index (κ2) is 9.23.